The van der Waals surface area contributed by atoms with Crippen LogP contribution < -0.4 is 5.32 Å². The molecular formula is C25H25N7O2. The summed E-state index contributed by atoms with van der Waals surface area (Å²) in [6.45, 7) is 2.92. The molecule has 0 saturated heterocycles. The van der Waals surface area contributed by atoms with Crippen LogP contribution in [0.5, 0.6) is 0 Å². The summed E-state index contributed by atoms with van der Waals surface area (Å²) in [7, 11) is 1.82. The maximum atomic E-state index is 12.6. The molecule has 0 spiro atoms. The molecule has 5 rings (SSSR count). The number of fused-ring (bicyclic) bond motifs is 1. The van der Waals surface area contributed by atoms with Crippen molar-refractivity contribution in [3.05, 3.63) is 83.6 Å². The number of carbonyl (C=O) groups is 1. The van der Waals surface area contributed by atoms with Gasteiger partial charge in [-0.15, -0.1) is 10.2 Å². The number of para-hydroxylation sites is 2. The van der Waals surface area contributed by atoms with Crippen molar-refractivity contribution < 1.29 is 9.21 Å². The number of hydrogen-bond donors (Lipinski definition) is 1. The summed E-state index contributed by atoms with van der Waals surface area (Å²) < 4.78 is 9.56. The second kappa shape index (κ2) is 9.30. The third-order valence-corrected chi connectivity index (χ3v) is 5.61. The number of aryl methyl sites for hydroxylation is 3. The maximum Gasteiger partial charge on any atom is 0.265 e. The zero-order valence-corrected chi connectivity index (χ0v) is 19.1. The summed E-state index contributed by atoms with van der Waals surface area (Å²) in [5.41, 5.74) is 4.74. The molecule has 172 valence electrons. The average Bonchev–Trinajstić information content (AvgIpc) is 3.54. The normalized spacial score (nSPS) is 11.2. The van der Waals surface area contributed by atoms with Gasteiger partial charge in [-0.25, -0.2) is 4.98 Å². The summed E-state index contributed by atoms with van der Waals surface area (Å²) in [5.74, 6) is 1.52. The fourth-order valence-corrected chi connectivity index (χ4v) is 3.96. The molecule has 9 heteroatoms. The van der Waals surface area contributed by atoms with E-state index >= 15 is 0 Å². The van der Waals surface area contributed by atoms with Crippen LogP contribution in [0.2, 0.25) is 0 Å². The molecule has 0 fully saturated rings. The van der Waals surface area contributed by atoms with Crippen molar-refractivity contribution in [3.8, 4) is 11.6 Å². The minimum Gasteiger partial charge on any atom is -0.419 e. The second-order valence-electron chi connectivity index (χ2n) is 8.16. The van der Waals surface area contributed by atoms with Gasteiger partial charge in [-0.3, -0.25) is 9.48 Å². The van der Waals surface area contributed by atoms with Crippen LogP contribution in [0, 0.1) is 6.92 Å². The van der Waals surface area contributed by atoms with E-state index in [0.29, 0.717) is 31.3 Å². The Labute approximate surface area is 196 Å². The van der Waals surface area contributed by atoms with Crippen LogP contribution in [0.15, 0.2) is 65.1 Å². The van der Waals surface area contributed by atoms with Gasteiger partial charge in [-0.2, -0.15) is 5.10 Å². The third-order valence-electron chi connectivity index (χ3n) is 5.61. The van der Waals surface area contributed by atoms with E-state index in [1.54, 1.807) is 4.68 Å². The van der Waals surface area contributed by atoms with Crippen molar-refractivity contribution in [3.63, 3.8) is 0 Å². The Morgan fingerprint density at radius 1 is 1.06 bits per heavy atom. The van der Waals surface area contributed by atoms with E-state index in [2.05, 4.69) is 37.3 Å². The number of rotatable bonds is 8. The SMILES string of the molecule is Cc1cc(-c2nnc(CCC(=O)NCc3nc4ccccc4n3Cc3ccccc3)o2)n(C)n1. The number of benzene rings is 2. The Kier molecular flexibility index (Phi) is 5.90. The molecule has 3 heterocycles. The van der Waals surface area contributed by atoms with E-state index < -0.39 is 0 Å². The molecule has 2 aromatic carbocycles. The zero-order valence-electron chi connectivity index (χ0n) is 19.1. The standard InChI is InChI=1S/C25H25N7O2/c1-17-14-21(31(2)30-17)25-29-28-24(34-25)13-12-23(33)26-15-22-27-19-10-6-7-11-20(19)32(22)16-18-8-4-3-5-9-18/h3-11,14H,12-13,15-16H2,1-2H3,(H,26,33). The highest BCUT2D eigenvalue weighted by atomic mass is 16.4. The van der Waals surface area contributed by atoms with Gasteiger partial charge < -0.3 is 14.3 Å². The van der Waals surface area contributed by atoms with Crippen LogP contribution in [-0.4, -0.2) is 35.4 Å². The first kappa shape index (κ1) is 21.6. The molecule has 3 aromatic heterocycles. The first-order valence-electron chi connectivity index (χ1n) is 11.1. The molecule has 0 radical (unpaired) electrons. The lowest BCUT2D eigenvalue weighted by atomic mass is 10.2. The lowest BCUT2D eigenvalue weighted by molar-refractivity contribution is -0.121. The summed E-state index contributed by atoms with van der Waals surface area (Å²) >= 11 is 0. The monoisotopic (exact) mass is 455 g/mol. The molecule has 5 aromatic rings. The van der Waals surface area contributed by atoms with Gasteiger partial charge in [0.2, 0.25) is 11.8 Å². The lowest BCUT2D eigenvalue weighted by Crippen LogP contribution is -2.25. The molecule has 34 heavy (non-hydrogen) atoms. The van der Waals surface area contributed by atoms with Crippen molar-refractivity contribution in [1.29, 1.82) is 0 Å². The van der Waals surface area contributed by atoms with Gasteiger partial charge >= 0.3 is 0 Å². The summed E-state index contributed by atoms with van der Waals surface area (Å²) in [6, 6.07) is 20.1. The van der Waals surface area contributed by atoms with Crippen LogP contribution in [0.3, 0.4) is 0 Å². The lowest BCUT2D eigenvalue weighted by Gasteiger charge is -2.10. The fraction of sp³-hybridized carbons (Fsp3) is 0.240. The first-order chi connectivity index (χ1) is 16.6. The number of imidazole rings is 1. The largest absolute Gasteiger partial charge is 0.419 e. The molecule has 0 atom stereocenters. The quantitative estimate of drug-likeness (QED) is 0.385. The van der Waals surface area contributed by atoms with Gasteiger partial charge in [0.25, 0.3) is 5.89 Å². The Balaban J connectivity index is 1.23. The average molecular weight is 456 g/mol. The Morgan fingerprint density at radius 3 is 2.65 bits per heavy atom. The van der Waals surface area contributed by atoms with Gasteiger partial charge in [0, 0.05) is 26.4 Å². The summed E-state index contributed by atoms with van der Waals surface area (Å²) in [6.07, 6.45) is 0.598. The predicted molar refractivity (Wildman–Crippen MR) is 127 cm³/mol. The number of hydrogen-bond acceptors (Lipinski definition) is 6. The molecule has 1 amide bonds. The van der Waals surface area contributed by atoms with E-state index in [9.17, 15) is 4.79 Å². The Morgan fingerprint density at radius 2 is 1.85 bits per heavy atom. The number of nitrogens with zero attached hydrogens (tertiary/aromatic N) is 6. The van der Waals surface area contributed by atoms with Crippen molar-refractivity contribution in [1.82, 2.24) is 34.8 Å². The van der Waals surface area contributed by atoms with Crippen molar-refractivity contribution in [2.45, 2.75) is 32.9 Å². The molecule has 0 aliphatic heterocycles. The van der Waals surface area contributed by atoms with Crippen LogP contribution >= 0.6 is 0 Å². The van der Waals surface area contributed by atoms with Gasteiger partial charge in [0.15, 0.2) is 0 Å². The number of amides is 1. The first-order valence-corrected chi connectivity index (χ1v) is 11.1. The highest BCUT2D eigenvalue weighted by Gasteiger charge is 2.15. The van der Waals surface area contributed by atoms with E-state index in [0.717, 1.165) is 28.2 Å². The zero-order chi connectivity index (χ0) is 23.5. The number of aromatic nitrogens is 6. The van der Waals surface area contributed by atoms with E-state index in [4.69, 9.17) is 9.40 Å². The minimum absolute atomic E-state index is 0.102. The van der Waals surface area contributed by atoms with Gasteiger partial charge in [0.1, 0.15) is 11.5 Å². The molecule has 1 N–H and O–H groups in total. The second-order valence-corrected chi connectivity index (χ2v) is 8.16. The number of carbonyl (C=O) groups excluding carboxylic acids is 1. The van der Waals surface area contributed by atoms with Crippen LogP contribution in [0.25, 0.3) is 22.6 Å². The highest BCUT2D eigenvalue weighted by Crippen LogP contribution is 2.20. The maximum absolute atomic E-state index is 12.6. The molecule has 0 aliphatic rings. The molecule has 0 bridgehead atoms. The Hall–Kier alpha value is -4.27. The molecule has 0 aliphatic carbocycles. The molecule has 0 saturated carbocycles. The summed E-state index contributed by atoms with van der Waals surface area (Å²) in [4.78, 5) is 17.3. The smallest absolute Gasteiger partial charge is 0.265 e. The predicted octanol–water partition coefficient (Wildman–Crippen LogP) is 3.43. The molecule has 9 nitrogen and oxygen atoms in total. The number of nitrogens with one attached hydrogen (secondary N) is 1. The van der Waals surface area contributed by atoms with Crippen LogP contribution in [-0.2, 0) is 31.4 Å². The van der Waals surface area contributed by atoms with Gasteiger partial charge in [-0.05, 0) is 30.7 Å². The summed E-state index contributed by atoms with van der Waals surface area (Å²) in [5, 5.41) is 15.4. The van der Waals surface area contributed by atoms with E-state index in [1.165, 1.54) is 5.56 Å². The van der Waals surface area contributed by atoms with Gasteiger partial charge in [-0.1, -0.05) is 42.5 Å². The minimum atomic E-state index is -0.102. The molecular weight excluding hydrogens is 430 g/mol. The Bertz CT molecular complexity index is 1430. The topological polar surface area (TPSA) is 104 Å². The van der Waals surface area contributed by atoms with Crippen LogP contribution in [0.4, 0.5) is 0 Å². The fourth-order valence-electron chi connectivity index (χ4n) is 3.96. The van der Waals surface area contributed by atoms with Crippen molar-refractivity contribution >= 4 is 16.9 Å². The van der Waals surface area contributed by atoms with E-state index in [-0.39, 0.29) is 12.3 Å². The van der Waals surface area contributed by atoms with Crippen molar-refractivity contribution in [2.75, 3.05) is 0 Å². The molecule has 0 unspecified atom stereocenters. The van der Waals surface area contributed by atoms with Crippen LogP contribution in [0.1, 0.15) is 29.4 Å². The van der Waals surface area contributed by atoms with E-state index in [1.807, 2.05) is 62.5 Å². The third kappa shape index (κ3) is 4.59. The highest BCUT2D eigenvalue weighted by molar-refractivity contribution is 5.77. The van der Waals surface area contributed by atoms with Gasteiger partial charge in [0.05, 0.1) is 23.3 Å². The van der Waals surface area contributed by atoms with Crippen molar-refractivity contribution in [2.24, 2.45) is 7.05 Å².